The average molecular weight is 267 g/mol. The second kappa shape index (κ2) is 6.72. The van der Waals surface area contributed by atoms with Crippen LogP contribution in [0.5, 0.6) is 11.5 Å². The van der Waals surface area contributed by atoms with E-state index in [1.165, 1.54) is 25.3 Å². The van der Waals surface area contributed by atoms with Crippen LogP contribution in [0, 0.1) is 16.0 Å². The number of hydrogen-bond acceptors (Lipinski definition) is 5. The number of nitrogens with zero attached hydrogens (tertiary/aromatic N) is 1. The number of Topliss-reactive ketones (excluding diaryl/α,β-unsaturated/α-hetero) is 1. The Bertz CT molecular complexity index is 472. The Morgan fingerprint density at radius 1 is 1.47 bits per heavy atom. The number of hydrogen-bond donors (Lipinski definition) is 0. The molecule has 0 heterocycles. The van der Waals surface area contributed by atoms with Crippen LogP contribution in [0.4, 0.5) is 5.69 Å². The first-order chi connectivity index (χ1) is 8.99. The molecular formula is C13H17NO5. The van der Waals surface area contributed by atoms with Crippen LogP contribution in [0.3, 0.4) is 0 Å². The summed E-state index contributed by atoms with van der Waals surface area (Å²) in [6.07, 6.45) is 0.741. The minimum absolute atomic E-state index is 0.0269. The Hall–Kier alpha value is -2.11. The molecule has 6 heteroatoms. The summed E-state index contributed by atoms with van der Waals surface area (Å²) in [7, 11) is 1.36. The molecule has 0 aliphatic rings. The molecular weight excluding hydrogens is 250 g/mol. The normalized spacial score (nSPS) is 11.7. The third-order valence-corrected chi connectivity index (χ3v) is 2.89. The molecule has 1 aromatic rings. The smallest absolute Gasteiger partial charge is 0.314 e. The van der Waals surface area contributed by atoms with Crippen LogP contribution >= 0.6 is 0 Å². The van der Waals surface area contributed by atoms with Gasteiger partial charge in [0, 0.05) is 5.92 Å². The average Bonchev–Trinajstić information content (AvgIpc) is 2.43. The highest BCUT2D eigenvalue weighted by atomic mass is 16.6. The molecule has 0 saturated heterocycles. The van der Waals surface area contributed by atoms with Gasteiger partial charge in [-0.15, -0.1) is 0 Å². The molecule has 1 atom stereocenters. The predicted octanol–water partition coefficient (Wildman–Crippen LogP) is 2.60. The first-order valence-corrected chi connectivity index (χ1v) is 5.97. The van der Waals surface area contributed by atoms with Gasteiger partial charge in [-0.25, -0.2) is 0 Å². The van der Waals surface area contributed by atoms with Crippen molar-refractivity contribution in [2.75, 3.05) is 13.7 Å². The zero-order valence-electron chi connectivity index (χ0n) is 11.2. The maximum Gasteiger partial charge on any atom is 0.314 e. The number of nitro groups is 1. The van der Waals surface area contributed by atoms with E-state index >= 15 is 0 Å². The van der Waals surface area contributed by atoms with E-state index in [1.807, 2.05) is 13.8 Å². The van der Waals surface area contributed by atoms with Crippen molar-refractivity contribution in [3.63, 3.8) is 0 Å². The Kier molecular flexibility index (Phi) is 5.29. The van der Waals surface area contributed by atoms with Gasteiger partial charge in [-0.05, 0) is 18.6 Å². The van der Waals surface area contributed by atoms with E-state index in [0.29, 0.717) is 0 Å². The van der Waals surface area contributed by atoms with Crippen LogP contribution < -0.4 is 9.47 Å². The van der Waals surface area contributed by atoms with Crippen LogP contribution in [0.15, 0.2) is 18.2 Å². The standard InChI is InChI=1S/C13H17NO5/c1-4-9(2)12(15)8-19-10-5-6-13(18-3)11(7-10)14(16)17/h5-7,9H,4,8H2,1-3H3. The van der Waals surface area contributed by atoms with E-state index in [2.05, 4.69) is 0 Å². The third-order valence-electron chi connectivity index (χ3n) is 2.89. The van der Waals surface area contributed by atoms with Gasteiger partial charge in [0.1, 0.15) is 12.4 Å². The Morgan fingerprint density at radius 3 is 2.68 bits per heavy atom. The highest BCUT2D eigenvalue weighted by molar-refractivity contribution is 5.82. The molecule has 0 radical (unpaired) electrons. The van der Waals surface area contributed by atoms with E-state index in [1.54, 1.807) is 0 Å². The third kappa shape index (κ3) is 3.94. The summed E-state index contributed by atoms with van der Waals surface area (Å²) in [6, 6.07) is 4.24. The molecule has 19 heavy (non-hydrogen) atoms. The number of methoxy groups -OCH3 is 1. The highest BCUT2D eigenvalue weighted by Gasteiger charge is 2.17. The summed E-state index contributed by atoms with van der Waals surface area (Å²) in [5, 5.41) is 10.8. The molecule has 0 aliphatic carbocycles. The molecule has 104 valence electrons. The van der Waals surface area contributed by atoms with E-state index in [-0.39, 0.29) is 35.5 Å². The molecule has 0 spiro atoms. The SMILES string of the molecule is CCC(C)C(=O)COc1ccc(OC)c([N+](=O)[O-])c1. The lowest BCUT2D eigenvalue weighted by molar-refractivity contribution is -0.385. The van der Waals surface area contributed by atoms with Crippen molar-refractivity contribution >= 4 is 11.5 Å². The van der Waals surface area contributed by atoms with Crippen molar-refractivity contribution in [3.05, 3.63) is 28.3 Å². The first-order valence-electron chi connectivity index (χ1n) is 5.97. The van der Waals surface area contributed by atoms with Crippen molar-refractivity contribution in [2.45, 2.75) is 20.3 Å². The minimum Gasteiger partial charge on any atom is -0.490 e. The van der Waals surface area contributed by atoms with Crippen molar-refractivity contribution in [3.8, 4) is 11.5 Å². The van der Waals surface area contributed by atoms with E-state index in [9.17, 15) is 14.9 Å². The first kappa shape index (κ1) is 14.9. The zero-order chi connectivity index (χ0) is 14.4. The van der Waals surface area contributed by atoms with Gasteiger partial charge >= 0.3 is 5.69 Å². The van der Waals surface area contributed by atoms with Gasteiger partial charge < -0.3 is 9.47 Å². The molecule has 0 fully saturated rings. The number of carbonyl (C=O) groups excluding carboxylic acids is 1. The summed E-state index contributed by atoms with van der Waals surface area (Å²) in [5.74, 6) is 0.337. The summed E-state index contributed by atoms with van der Waals surface area (Å²) >= 11 is 0. The number of carbonyl (C=O) groups is 1. The van der Waals surface area contributed by atoms with Crippen molar-refractivity contribution in [1.29, 1.82) is 0 Å². The van der Waals surface area contributed by atoms with E-state index in [0.717, 1.165) is 6.42 Å². The lowest BCUT2D eigenvalue weighted by Gasteiger charge is -2.10. The molecule has 0 aromatic heterocycles. The monoisotopic (exact) mass is 267 g/mol. The minimum atomic E-state index is -0.553. The zero-order valence-corrected chi connectivity index (χ0v) is 11.2. The molecule has 1 rings (SSSR count). The summed E-state index contributed by atoms with van der Waals surface area (Å²) in [5.41, 5.74) is -0.184. The molecule has 1 aromatic carbocycles. The van der Waals surface area contributed by atoms with Crippen LogP contribution in [0.1, 0.15) is 20.3 Å². The number of nitro benzene ring substituents is 1. The Balaban J connectivity index is 2.78. The topological polar surface area (TPSA) is 78.7 Å². The highest BCUT2D eigenvalue weighted by Crippen LogP contribution is 2.30. The van der Waals surface area contributed by atoms with E-state index in [4.69, 9.17) is 9.47 Å². The largest absolute Gasteiger partial charge is 0.490 e. The van der Waals surface area contributed by atoms with Crippen LogP contribution in [-0.2, 0) is 4.79 Å². The van der Waals surface area contributed by atoms with Crippen LogP contribution in [0.25, 0.3) is 0 Å². The van der Waals surface area contributed by atoms with Crippen molar-refractivity contribution in [1.82, 2.24) is 0 Å². The van der Waals surface area contributed by atoms with Crippen LogP contribution in [-0.4, -0.2) is 24.4 Å². The molecule has 0 N–H and O–H groups in total. The van der Waals surface area contributed by atoms with E-state index < -0.39 is 4.92 Å². The van der Waals surface area contributed by atoms with Gasteiger partial charge in [0.2, 0.25) is 0 Å². The number of rotatable bonds is 7. The molecule has 0 saturated carbocycles. The lowest BCUT2D eigenvalue weighted by Crippen LogP contribution is -2.18. The van der Waals surface area contributed by atoms with Gasteiger partial charge in [0.05, 0.1) is 18.1 Å². The summed E-state index contributed by atoms with van der Waals surface area (Å²) < 4.78 is 10.2. The Morgan fingerprint density at radius 2 is 2.16 bits per heavy atom. The molecule has 1 unspecified atom stereocenters. The van der Waals surface area contributed by atoms with Gasteiger partial charge in [0.15, 0.2) is 11.5 Å². The van der Waals surface area contributed by atoms with Crippen molar-refractivity contribution < 1.29 is 19.2 Å². The fraction of sp³-hybridized carbons (Fsp3) is 0.462. The molecule has 6 nitrogen and oxygen atoms in total. The van der Waals surface area contributed by atoms with Crippen LogP contribution in [0.2, 0.25) is 0 Å². The number of benzene rings is 1. The summed E-state index contributed by atoms with van der Waals surface area (Å²) in [6.45, 7) is 3.65. The fourth-order valence-corrected chi connectivity index (χ4v) is 1.43. The van der Waals surface area contributed by atoms with Gasteiger partial charge in [0.25, 0.3) is 0 Å². The maximum atomic E-state index is 11.6. The fourth-order valence-electron chi connectivity index (χ4n) is 1.43. The molecule has 0 amide bonds. The second-order valence-electron chi connectivity index (χ2n) is 4.16. The molecule has 0 bridgehead atoms. The second-order valence-corrected chi connectivity index (χ2v) is 4.16. The number of ether oxygens (including phenoxy) is 2. The maximum absolute atomic E-state index is 11.6. The lowest BCUT2D eigenvalue weighted by atomic mass is 10.1. The predicted molar refractivity (Wildman–Crippen MR) is 69.6 cm³/mol. The van der Waals surface area contributed by atoms with Crippen molar-refractivity contribution in [2.24, 2.45) is 5.92 Å². The summed E-state index contributed by atoms with van der Waals surface area (Å²) in [4.78, 5) is 21.9. The quantitative estimate of drug-likeness (QED) is 0.560. The van der Waals surface area contributed by atoms with Gasteiger partial charge in [-0.3, -0.25) is 14.9 Å². The molecule has 0 aliphatic heterocycles. The Labute approximate surface area is 111 Å². The van der Waals surface area contributed by atoms with Gasteiger partial charge in [-0.1, -0.05) is 13.8 Å². The number of ketones is 1. The van der Waals surface area contributed by atoms with Gasteiger partial charge in [-0.2, -0.15) is 0 Å².